The maximum absolute atomic E-state index is 12.2. The Hall–Kier alpha value is -0.990. The van der Waals surface area contributed by atoms with E-state index in [1.807, 2.05) is 0 Å². The Balaban J connectivity index is 2.85. The molecule has 0 bridgehead atoms. The summed E-state index contributed by atoms with van der Waals surface area (Å²) in [7, 11) is 0. The van der Waals surface area contributed by atoms with Crippen LogP contribution in [0.25, 0.3) is 0 Å². The van der Waals surface area contributed by atoms with Gasteiger partial charge >= 0.3 is 6.18 Å². The molecule has 3 heteroatoms. The summed E-state index contributed by atoms with van der Waals surface area (Å²) in [5, 5.41) is 0. The fourth-order valence-electron chi connectivity index (χ4n) is 1.32. The smallest absolute Gasteiger partial charge is 0.166 e. The van der Waals surface area contributed by atoms with Crippen LogP contribution in [0.15, 0.2) is 36.5 Å². The van der Waals surface area contributed by atoms with Gasteiger partial charge in [0.05, 0.1) is 5.57 Å². The van der Waals surface area contributed by atoms with Gasteiger partial charge in [-0.3, -0.25) is 0 Å². The molecule has 2 atom stereocenters. The van der Waals surface area contributed by atoms with Gasteiger partial charge in [-0.25, -0.2) is 0 Å². The fourth-order valence-corrected chi connectivity index (χ4v) is 1.32. The monoisotopic (exact) mass is 188 g/mol. The Morgan fingerprint density at radius 3 is 2.46 bits per heavy atom. The Labute approximate surface area is 75.4 Å². The van der Waals surface area contributed by atoms with E-state index in [9.17, 15) is 13.2 Å². The van der Waals surface area contributed by atoms with Gasteiger partial charge in [0.25, 0.3) is 0 Å². The quantitative estimate of drug-likeness (QED) is 0.552. The van der Waals surface area contributed by atoms with Crippen molar-refractivity contribution in [2.75, 3.05) is 0 Å². The molecule has 0 aromatic heterocycles. The molecule has 0 N–H and O–H groups in total. The van der Waals surface area contributed by atoms with Gasteiger partial charge in [-0.05, 0) is 5.92 Å². The molecule has 13 heavy (non-hydrogen) atoms. The van der Waals surface area contributed by atoms with Crippen LogP contribution in [-0.4, -0.2) is 6.18 Å². The highest BCUT2D eigenvalue weighted by Gasteiger charge is 2.33. The van der Waals surface area contributed by atoms with E-state index in [0.29, 0.717) is 0 Å². The van der Waals surface area contributed by atoms with Crippen LogP contribution >= 0.6 is 0 Å². The van der Waals surface area contributed by atoms with Gasteiger partial charge in [0.2, 0.25) is 0 Å². The molecule has 0 saturated carbocycles. The summed E-state index contributed by atoms with van der Waals surface area (Å²) in [6.45, 7) is 5.31. The van der Waals surface area contributed by atoms with Crippen molar-refractivity contribution in [2.45, 2.75) is 13.1 Å². The van der Waals surface area contributed by atoms with Crippen LogP contribution in [0.4, 0.5) is 13.2 Å². The van der Waals surface area contributed by atoms with Crippen molar-refractivity contribution >= 4 is 0 Å². The minimum absolute atomic E-state index is 0.0195. The number of allylic oxidation sites excluding steroid dienone is 5. The van der Waals surface area contributed by atoms with E-state index in [2.05, 4.69) is 6.58 Å². The van der Waals surface area contributed by atoms with E-state index < -0.39 is 11.7 Å². The van der Waals surface area contributed by atoms with Gasteiger partial charge in [0.15, 0.2) is 0 Å². The van der Waals surface area contributed by atoms with Crippen molar-refractivity contribution in [3.63, 3.8) is 0 Å². The van der Waals surface area contributed by atoms with Crippen molar-refractivity contribution in [1.82, 2.24) is 0 Å². The molecule has 0 fully saturated rings. The maximum Gasteiger partial charge on any atom is 0.416 e. The van der Waals surface area contributed by atoms with Crippen LogP contribution in [0.2, 0.25) is 0 Å². The maximum atomic E-state index is 12.2. The van der Waals surface area contributed by atoms with E-state index in [-0.39, 0.29) is 11.8 Å². The second-order valence-electron chi connectivity index (χ2n) is 3.15. The Bertz CT molecular complexity index is 258. The topological polar surface area (TPSA) is 0 Å². The lowest BCUT2D eigenvalue weighted by Crippen LogP contribution is -2.17. The van der Waals surface area contributed by atoms with Crippen molar-refractivity contribution in [3.8, 4) is 0 Å². The van der Waals surface area contributed by atoms with Gasteiger partial charge in [-0.1, -0.05) is 31.2 Å². The number of hydrogen-bond donors (Lipinski definition) is 0. The van der Waals surface area contributed by atoms with Crippen molar-refractivity contribution in [3.05, 3.63) is 36.5 Å². The standard InChI is InChI=1S/C10H11F3/c1-3-8-4-5-9(6-7(8)2)10(11,12)13/h3-8H,1H2,2H3/t7-,8?/m1/s1. The third-order valence-electron chi connectivity index (χ3n) is 2.15. The Morgan fingerprint density at radius 1 is 1.46 bits per heavy atom. The SMILES string of the molecule is C=CC1C=CC(C(F)(F)F)=C[C@H]1C. The molecular formula is C10H11F3. The number of alkyl halides is 3. The first-order chi connectivity index (χ1) is 5.95. The van der Waals surface area contributed by atoms with E-state index in [0.717, 1.165) is 6.08 Å². The molecular weight excluding hydrogens is 177 g/mol. The predicted octanol–water partition coefficient (Wildman–Crippen LogP) is 3.48. The molecule has 0 aromatic rings. The predicted molar refractivity (Wildman–Crippen MR) is 46.1 cm³/mol. The average molecular weight is 188 g/mol. The lowest BCUT2D eigenvalue weighted by molar-refractivity contribution is -0.0890. The average Bonchev–Trinajstić information content (AvgIpc) is 2.02. The highest BCUT2D eigenvalue weighted by Crippen LogP contribution is 2.33. The summed E-state index contributed by atoms with van der Waals surface area (Å²) in [5.41, 5.74) is -0.557. The molecule has 0 saturated heterocycles. The molecule has 0 heterocycles. The summed E-state index contributed by atoms with van der Waals surface area (Å²) >= 11 is 0. The van der Waals surface area contributed by atoms with E-state index in [1.165, 1.54) is 6.08 Å². The zero-order valence-electron chi connectivity index (χ0n) is 7.31. The van der Waals surface area contributed by atoms with Crippen LogP contribution in [0, 0.1) is 11.8 Å². The Kier molecular flexibility index (Phi) is 2.64. The van der Waals surface area contributed by atoms with Crippen LogP contribution in [0.5, 0.6) is 0 Å². The van der Waals surface area contributed by atoms with Gasteiger partial charge in [-0.2, -0.15) is 13.2 Å². The third-order valence-corrected chi connectivity index (χ3v) is 2.15. The minimum Gasteiger partial charge on any atom is -0.166 e. The number of halogens is 3. The van der Waals surface area contributed by atoms with E-state index in [4.69, 9.17) is 0 Å². The van der Waals surface area contributed by atoms with Gasteiger partial charge in [0.1, 0.15) is 0 Å². The lowest BCUT2D eigenvalue weighted by Gasteiger charge is -2.20. The number of rotatable bonds is 1. The Morgan fingerprint density at radius 2 is 2.08 bits per heavy atom. The molecule has 1 rings (SSSR count). The summed E-state index contributed by atoms with van der Waals surface area (Å²) in [4.78, 5) is 0. The highest BCUT2D eigenvalue weighted by atomic mass is 19.4. The normalized spacial score (nSPS) is 28.5. The largest absolute Gasteiger partial charge is 0.416 e. The first-order valence-corrected chi connectivity index (χ1v) is 4.05. The van der Waals surface area contributed by atoms with Crippen LogP contribution in [-0.2, 0) is 0 Å². The van der Waals surface area contributed by atoms with E-state index >= 15 is 0 Å². The summed E-state index contributed by atoms with van der Waals surface area (Å²) in [6.07, 6.45) is 1.33. The fraction of sp³-hybridized carbons (Fsp3) is 0.400. The first-order valence-electron chi connectivity index (χ1n) is 4.05. The molecule has 0 radical (unpaired) electrons. The van der Waals surface area contributed by atoms with Gasteiger partial charge in [0, 0.05) is 5.92 Å². The summed E-state index contributed by atoms with van der Waals surface area (Å²) in [6, 6.07) is 0. The molecule has 1 unspecified atom stereocenters. The van der Waals surface area contributed by atoms with Gasteiger partial charge in [-0.15, -0.1) is 6.58 Å². The molecule has 0 amide bonds. The molecule has 0 spiro atoms. The minimum atomic E-state index is -4.23. The molecule has 1 aliphatic carbocycles. The van der Waals surface area contributed by atoms with Gasteiger partial charge < -0.3 is 0 Å². The van der Waals surface area contributed by atoms with Crippen molar-refractivity contribution in [1.29, 1.82) is 0 Å². The molecule has 1 aliphatic rings. The first kappa shape index (κ1) is 10.1. The molecule has 0 aromatic carbocycles. The lowest BCUT2D eigenvalue weighted by atomic mass is 9.87. The van der Waals surface area contributed by atoms with E-state index in [1.54, 1.807) is 19.1 Å². The van der Waals surface area contributed by atoms with Crippen LogP contribution in [0.1, 0.15) is 6.92 Å². The molecule has 0 nitrogen and oxygen atoms in total. The second-order valence-corrected chi connectivity index (χ2v) is 3.15. The third kappa shape index (κ3) is 2.23. The van der Waals surface area contributed by atoms with Crippen LogP contribution in [0.3, 0.4) is 0 Å². The molecule has 0 aliphatic heterocycles. The second kappa shape index (κ2) is 3.40. The van der Waals surface area contributed by atoms with Crippen molar-refractivity contribution < 1.29 is 13.2 Å². The summed E-state index contributed by atoms with van der Waals surface area (Å²) < 4.78 is 36.6. The molecule has 72 valence electrons. The van der Waals surface area contributed by atoms with Crippen molar-refractivity contribution in [2.24, 2.45) is 11.8 Å². The van der Waals surface area contributed by atoms with Crippen LogP contribution < -0.4 is 0 Å². The highest BCUT2D eigenvalue weighted by molar-refractivity contribution is 5.30. The zero-order valence-corrected chi connectivity index (χ0v) is 7.31. The summed E-state index contributed by atoms with van der Waals surface area (Å²) in [5.74, 6) is -0.106. The number of hydrogen-bond acceptors (Lipinski definition) is 0. The zero-order chi connectivity index (χ0) is 10.1.